The van der Waals surface area contributed by atoms with Crippen LogP contribution in [-0.4, -0.2) is 28.9 Å². The first-order valence-corrected chi connectivity index (χ1v) is 10.8. The van der Waals surface area contributed by atoms with E-state index in [1.165, 1.54) is 6.07 Å². The predicted octanol–water partition coefficient (Wildman–Crippen LogP) is 5.22. The van der Waals surface area contributed by atoms with E-state index in [1.54, 1.807) is 13.0 Å². The van der Waals surface area contributed by atoms with Crippen LogP contribution >= 0.6 is 0 Å². The minimum absolute atomic E-state index is 0.0458. The Balaban J connectivity index is 1.38. The van der Waals surface area contributed by atoms with Crippen LogP contribution in [0.2, 0.25) is 0 Å². The highest BCUT2D eigenvalue weighted by Gasteiger charge is 2.43. The highest BCUT2D eigenvalue weighted by atomic mass is 19.1. The number of carbonyl (C=O) groups excluding carboxylic acids is 2. The first-order valence-electron chi connectivity index (χ1n) is 10.8. The van der Waals surface area contributed by atoms with E-state index in [9.17, 15) is 14.0 Å². The Labute approximate surface area is 177 Å². The predicted molar refractivity (Wildman–Crippen MR) is 112 cm³/mol. The SMILES string of the molecule is Cc1ccc(CC(=O)C2CC3CCCC(C2)N3C(=O)OCc2ccccc2)cc1F. The van der Waals surface area contributed by atoms with Crippen LogP contribution in [0, 0.1) is 18.7 Å². The van der Waals surface area contributed by atoms with Crippen molar-refractivity contribution in [1.29, 1.82) is 0 Å². The van der Waals surface area contributed by atoms with Gasteiger partial charge in [-0.15, -0.1) is 0 Å². The van der Waals surface area contributed by atoms with Crippen molar-refractivity contribution in [2.24, 2.45) is 5.92 Å². The lowest BCUT2D eigenvalue weighted by atomic mass is 9.76. The molecule has 0 saturated carbocycles. The van der Waals surface area contributed by atoms with E-state index in [0.29, 0.717) is 18.4 Å². The molecule has 0 N–H and O–H groups in total. The molecule has 2 aromatic rings. The number of amides is 1. The monoisotopic (exact) mass is 409 g/mol. The number of halogens is 1. The molecule has 2 aliphatic rings. The number of fused-ring (bicyclic) bond motifs is 2. The molecule has 1 amide bonds. The quantitative estimate of drug-likeness (QED) is 0.681. The van der Waals surface area contributed by atoms with E-state index in [4.69, 9.17) is 4.74 Å². The molecule has 30 heavy (non-hydrogen) atoms. The van der Waals surface area contributed by atoms with Gasteiger partial charge in [0.2, 0.25) is 0 Å². The first kappa shape index (κ1) is 20.6. The van der Waals surface area contributed by atoms with Gasteiger partial charge in [0.25, 0.3) is 0 Å². The lowest BCUT2D eigenvalue weighted by molar-refractivity contribution is -0.126. The zero-order chi connectivity index (χ0) is 21.1. The van der Waals surface area contributed by atoms with Crippen molar-refractivity contribution in [2.75, 3.05) is 0 Å². The van der Waals surface area contributed by atoms with Crippen molar-refractivity contribution in [2.45, 2.75) is 64.1 Å². The molecule has 2 saturated heterocycles. The number of ketones is 1. The van der Waals surface area contributed by atoms with Gasteiger partial charge in [0.1, 0.15) is 18.2 Å². The fourth-order valence-electron chi connectivity index (χ4n) is 4.83. The molecule has 4 rings (SSSR count). The number of hydrogen-bond acceptors (Lipinski definition) is 3. The summed E-state index contributed by atoms with van der Waals surface area (Å²) >= 11 is 0. The molecule has 2 atom stereocenters. The number of nitrogens with zero attached hydrogens (tertiary/aromatic N) is 1. The summed E-state index contributed by atoms with van der Waals surface area (Å²) in [4.78, 5) is 27.6. The zero-order valence-corrected chi connectivity index (χ0v) is 17.4. The van der Waals surface area contributed by atoms with Gasteiger partial charge in [0, 0.05) is 24.4 Å². The molecule has 2 heterocycles. The van der Waals surface area contributed by atoms with Crippen LogP contribution in [0.5, 0.6) is 0 Å². The summed E-state index contributed by atoms with van der Waals surface area (Å²) in [5, 5.41) is 0. The minimum Gasteiger partial charge on any atom is -0.445 e. The Morgan fingerprint density at radius 3 is 2.40 bits per heavy atom. The zero-order valence-electron chi connectivity index (χ0n) is 17.4. The van der Waals surface area contributed by atoms with Crippen LogP contribution in [0.15, 0.2) is 48.5 Å². The molecule has 0 aliphatic carbocycles. The number of hydrogen-bond donors (Lipinski definition) is 0. The molecule has 158 valence electrons. The Bertz CT molecular complexity index is 900. The maximum atomic E-state index is 13.8. The van der Waals surface area contributed by atoms with Crippen LogP contribution in [-0.2, 0) is 22.6 Å². The van der Waals surface area contributed by atoms with Gasteiger partial charge in [-0.1, -0.05) is 42.5 Å². The summed E-state index contributed by atoms with van der Waals surface area (Å²) < 4.78 is 19.4. The van der Waals surface area contributed by atoms with E-state index in [2.05, 4.69) is 0 Å². The van der Waals surface area contributed by atoms with Gasteiger partial charge in [-0.05, 0) is 61.8 Å². The number of piperidine rings is 2. The molecular formula is C25H28FNO3. The van der Waals surface area contributed by atoms with Crippen LogP contribution in [0.3, 0.4) is 0 Å². The summed E-state index contributed by atoms with van der Waals surface area (Å²) in [7, 11) is 0. The second-order valence-corrected chi connectivity index (χ2v) is 8.58. The summed E-state index contributed by atoms with van der Waals surface area (Å²) in [6, 6.07) is 14.8. The van der Waals surface area contributed by atoms with Gasteiger partial charge in [-0.2, -0.15) is 0 Å². The van der Waals surface area contributed by atoms with Crippen molar-refractivity contribution in [3.63, 3.8) is 0 Å². The number of rotatable bonds is 5. The second kappa shape index (κ2) is 8.99. The van der Waals surface area contributed by atoms with Crippen LogP contribution in [0.25, 0.3) is 0 Å². The third-order valence-electron chi connectivity index (χ3n) is 6.46. The average Bonchev–Trinajstić information content (AvgIpc) is 2.74. The highest BCUT2D eigenvalue weighted by Crippen LogP contribution is 2.38. The topological polar surface area (TPSA) is 46.6 Å². The Kier molecular flexibility index (Phi) is 6.16. The highest BCUT2D eigenvalue weighted by molar-refractivity contribution is 5.84. The average molecular weight is 410 g/mol. The maximum absolute atomic E-state index is 13.8. The van der Waals surface area contributed by atoms with Crippen molar-refractivity contribution < 1.29 is 18.7 Å². The molecule has 5 heteroatoms. The Hall–Kier alpha value is -2.69. The van der Waals surface area contributed by atoms with E-state index < -0.39 is 0 Å². The normalized spacial score (nSPS) is 23.1. The number of benzene rings is 2. The first-order chi connectivity index (χ1) is 14.5. The third-order valence-corrected chi connectivity index (χ3v) is 6.46. The van der Waals surface area contributed by atoms with E-state index in [-0.39, 0.29) is 48.7 Å². The van der Waals surface area contributed by atoms with Gasteiger partial charge in [-0.3, -0.25) is 4.79 Å². The molecule has 4 nitrogen and oxygen atoms in total. The molecule has 0 spiro atoms. The fraction of sp³-hybridized carbons (Fsp3) is 0.440. The van der Waals surface area contributed by atoms with E-state index >= 15 is 0 Å². The molecule has 0 aromatic heterocycles. The number of ether oxygens (including phenoxy) is 1. The Morgan fingerprint density at radius 2 is 1.73 bits per heavy atom. The molecule has 2 unspecified atom stereocenters. The third kappa shape index (κ3) is 4.55. The maximum Gasteiger partial charge on any atom is 0.410 e. The van der Waals surface area contributed by atoms with Crippen molar-refractivity contribution in [3.05, 3.63) is 71.0 Å². The van der Waals surface area contributed by atoms with Gasteiger partial charge >= 0.3 is 6.09 Å². The second-order valence-electron chi connectivity index (χ2n) is 8.58. The summed E-state index contributed by atoms with van der Waals surface area (Å²) in [6.07, 6.45) is 4.19. The van der Waals surface area contributed by atoms with Gasteiger partial charge in [0.05, 0.1) is 0 Å². The molecule has 2 fully saturated rings. The van der Waals surface area contributed by atoms with Crippen molar-refractivity contribution >= 4 is 11.9 Å². The van der Waals surface area contributed by atoms with Crippen LogP contribution in [0.1, 0.15) is 48.8 Å². The summed E-state index contributed by atoms with van der Waals surface area (Å²) in [6.45, 7) is 1.98. The smallest absolute Gasteiger partial charge is 0.410 e. The lowest BCUT2D eigenvalue weighted by Crippen LogP contribution is -2.55. The number of Topliss-reactive ketones (excluding diaryl/α,β-unsaturated/α-hetero) is 1. The molecule has 0 radical (unpaired) electrons. The minimum atomic E-state index is -0.278. The van der Waals surface area contributed by atoms with Crippen LogP contribution < -0.4 is 0 Å². The van der Waals surface area contributed by atoms with Gasteiger partial charge in [-0.25, -0.2) is 9.18 Å². The van der Waals surface area contributed by atoms with Crippen LogP contribution in [0.4, 0.5) is 9.18 Å². The summed E-state index contributed by atoms with van der Waals surface area (Å²) in [5.41, 5.74) is 2.27. The fourth-order valence-corrected chi connectivity index (χ4v) is 4.83. The van der Waals surface area contributed by atoms with Gasteiger partial charge in [0.15, 0.2) is 0 Å². The van der Waals surface area contributed by atoms with Crippen molar-refractivity contribution in [1.82, 2.24) is 4.90 Å². The van der Waals surface area contributed by atoms with E-state index in [0.717, 1.165) is 30.4 Å². The van der Waals surface area contributed by atoms with E-state index in [1.807, 2.05) is 41.3 Å². The summed E-state index contributed by atoms with van der Waals surface area (Å²) in [5.74, 6) is -0.205. The molecule has 2 bridgehead atoms. The number of aryl methyl sites for hydroxylation is 1. The molecule has 2 aromatic carbocycles. The number of carbonyl (C=O) groups is 2. The molecular weight excluding hydrogens is 381 g/mol. The van der Waals surface area contributed by atoms with Gasteiger partial charge < -0.3 is 9.64 Å². The largest absolute Gasteiger partial charge is 0.445 e. The standard InChI is InChI=1S/C25H28FNO3/c1-17-10-11-19(12-23(17)26)13-24(28)20-14-21-8-5-9-22(15-20)27(21)25(29)30-16-18-6-3-2-4-7-18/h2-4,6-7,10-12,20-22H,5,8-9,13-16H2,1H3. The van der Waals surface area contributed by atoms with Crippen molar-refractivity contribution in [3.8, 4) is 0 Å². The Morgan fingerprint density at radius 1 is 1.03 bits per heavy atom. The molecule has 2 aliphatic heterocycles. The lowest BCUT2D eigenvalue weighted by Gasteiger charge is -2.47.